The number of hydrogen-bond acceptors (Lipinski definition) is 6. The third-order valence-electron chi connectivity index (χ3n) is 6.87. The smallest absolute Gasteiger partial charge is 0.241 e. The van der Waals surface area contributed by atoms with Gasteiger partial charge in [0.15, 0.2) is 0 Å². The van der Waals surface area contributed by atoms with Crippen molar-refractivity contribution in [2.24, 2.45) is 0 Å². The lowest BCUT2D eigenvalue weighted by molar-refractivity contribution is -0.120. The number of amides is 1. The topological polar surface area (TPSA) is 80.0 Å². The van der Waals surface area contributed by atoms with E-state index in [1.54, 1.807) is 41.7 Å². The Morgan fingerprint density at radius 2 is 1.89 bits per heavy atom. The van der Waals surface area contributed by atoms with Crippen LogP contribution in [-0.4, -0.2) is 62.0 Å². The van der Waals surface area contributed by atoms with E-state index in [1.807, 2.05) is 37.4 Å². The Morgan fingerprint density at radius 1 is 1.08 bits per heavy atom. The molecule has 5 rings (SSSR count). The molecule has 0 bridgehead atoms. The van der Waals surface area contributed by atoms with Gasteiger partial charge in [-0.3, -0.25) is 4.79 Å². The van der Waals surface area contributed by atoms with E-state index in [0.29, 0.717) is 46.9 Å². The van der Waals surface area contributed by atoms with E-state index in [9.17, 15) is 9.18 Å². The Hall–Kier alpha value is -3.79. The number of fused-ring (bicyclic) bond motifs is 1. The third-order valence-corrected chi connectivity index (χ3v) is 6.87. The van der Waals surface area contributed by atoms with Crippen LogP contribution in [0.4, 0.5) is 14.5 Å². The summed E-state index contributed by atoms with van der Waals surface area (Å²) in [6, 6.07) is 8.52. The number of carbonyl (C=O) groups excluding carboxylic acids is 1. The second-order valence-electron chi connectivity index (χ2n) is 9.88. The monoisotopic (exact) mass is 505 g/mol. The molecular formula is C27H29F2N7O. The minimum Gasteiger partial charge on any atom is -0.328 e. The first kappa shape index (κ1) is 24.9. The first-order chi connectivity index (χ1) is 17.7. The van der Waals surface area contributed by atoms with Crippen LogP contribution < -0.4 is 4.90 Å². The van der Waals surface area contributed by atoms with Crippen LogP contribution in [0.5, 0.6) is 0 Å². The average molecular weight is 506 g/mol. The van der Waals surface area contributed by atoms with Gasteiger partial charge in [0.1, 0.15) is 17.2 Å². The van der Waals surface area contributed by atoms with Crippen molar-refractivity contribution in [3.05, 3.63) is 66.0 Å². The summed E-state index contributed by atoms with van der Waals surface area (Å²) in [4.78, 5) is 33.3. The maximum Gasteiger partial charge on any atom is 0.241 e. The highest BCUT2D eigenvalue weighted by atomic mass is 19.1. The third kappa shape index (κ3) is 4.93. The molecule has 0 saturated carbocycles. The Labute approximate surface area is 214 Å². The van der Waals surface area contributed by atoms with E-state index < -0.39 is 11.8 Å². The fraction of sp³-hybridized carbons (Fsp3) is 0.370. The van der Waals surface area contributed by atoms with E-state index in [1.165, 1.54) is 6.07 Å². The van der Waals surface area contributed by atoms with Gasteiger partial charge in [-0.25, -0.2) is 24.3 Å². The van der Waals surface area contributed by atoms with Crippen LogP contribution in [0.3, 0.4) is 0 Å². The van der Waals surface area contributed by atoms with Gasteiger partial charge in [0.2, 0.25) is 11.9 Å². The van der Waals surface area contributed by atoms with Crippen molar-refractivity contribution in [1.29, 1.82) is 0 Å². The Kier molecular flexibility index (Phi) is 6.68. The molecule has 1 amide bonds. The molecule has 0 radical (unpaired) electrons. The van der Waals surface area contributed by atoms with Gasteiger partial charge in [-0.05, 0) is 64.2 Å². The fourth-order valence-electron chi connectivity index (χ4n) is 4.71. The zero-order valence-corrected chi connectivity index (χ0v) is 21.3. The van der Waals surface area contributed by atoms with Crippen LogP contribution >= 0.6 is 0 Å². The highest BCUT2D eigenvalue weighted by Gasteiger charge is 2.28. The van der Waals surface area contributed by atoms with Crippen LogP contribution in [0, 0.1) is 11.8 Å². The van der Waals surface area contributed by atoms with Crippen molar-refractivity contribution in [2.45, 2.75) is 45.2 Å². The summed E-state index contributed by atoms with van der Waals surface area (Å²) in [6.45, 7) is 4.53. The molecule has 4 heterocycles. The Bertz CT molecular complexity index is 1470. The summed E-state index contributed by atoms with van der Waals surface area (Å²) in [5.41, 5.74) is 2.58. The molecule has 8 nitrogen and oxygen atoms in total. The molecule has 1 aromatic carbocycles. The van der Waals surface area contributed by atoms with Gasteiger partial charge in [0.25, 0.3) is 0 Å². The van der Waals surface area contributed by atoms with E-state index in [-0.39, 0.29) is 29.9 Å². The van der Waals surface area contributed by atoms with Crippen LogP contribution in [0.25, 0.3) is 22.4 Å². The number of aromatic nitrogens is 5. The maximum atomic E-state index is 15.1. The van der Waals surface area contributed by atoms with E-state index >= 15 is 4.39 Å². The minimum atomic E-state index is -0.669. The lowest BCUT2D eigenvalue weighted by Gasteiger charge is -2.34. The van der Waals surface area contributed by atoms with Crippen molar-refractivity contribution in [1.82, 2.24) is 29.4 Å². The summed E-state index contributed by atoms with van der Waals surface area (Å²) in [5, 5.41) is 0. The number of halogens is 2. The van der Waals surface area contributed by atoms with Crippen molar-refractivity contribution in [3.8, 4) is 11.4 Å². The van der Waals surface area contributed by atoms with Gasteiger partial charge in [0.05, 0.1) is 23.2 Å². The average Bonchev–Trinajstić information content (AvgIpc) is 3.30. The number of rotatable bonds is 6. The molecule has 1 unspecified atom stereocenters. The molecular weight excluding hydrogens is 476 g/mol. The standard InChI is InChI=1S/C27H29F2N7O/c1-16(2)36-15-31-26-23(36)14-22(33-27(26)29)21-7-9-30-24(32-21)11-17-5-6-19(12-20(17)28)35-10-8-18(34(3)4)13-25(35)37/h5-7,9,12,14-16,18H,8,10-11,13H2,1-4H3. The molecule has 0 spiro atoms. The predicted molar refractivity (Wildman–Crippen MR) is 137 cm³/mol. The first-order valence-electron chi connectivity index (χ1n) is 12.3. The number of benzene rings is 1. The minimum absolute atomic E-state index is 0.0105. The molecule has 1 aliphatic heterocycles. The zero-order valence-electron chi connectivity index (χ0n) is 21.3. The molecule has 192 valence electrons. The highest BCUT2D eigenvalue weighted by molar-refractivity contribution is 5.94. The lowest BCUT2D eigenvalue weighted by atomic mass is 10.0. The zero-order chi connectivity index (χ0) is 26.3. The Morgan fingerprint density at radius 3 is 2.59 bits per heavy atom. The summed E-state index contributed by atoms with van der Waals surface area (Å²) < 4.78 is 31.6. The van der Waals surface area contributed by atoms with Gasteiger partial charge in [0, 0.05) is 43.4 Å². The quantitative estimate of drug-likeness (QED) is 0.362. The largest absolute Gasteiger partial charge is 0.328 e. The summed E-state index contributed by atoms with van der Waals surface area (Å²) in [7, 11) is 3.93. The van der Waals surface area contributed by atoms with Crippen molar-refractivity contribution in [3.63, 3.8) is 0 Å². The number of nitrogens with zero attached hydrogens (tertiary/aromatic N) is 7. The molecule has 0 N–H and O–H groups in total. The molecule has 1 fully saturated rings. The molecule has 3 aromatic heterocycles. The van der Waals surface area contributed by atoms with E-state index in [4.69, 9.17) is 0 Å². The van der Waals surface area contributed by atoms with Crippen LogP contribution in [-0.2, 0) is 11.2 Å². The molecule has 1 aliphatic rings. The SMILES string of the molecule is CC(C)n1cnc2c(F)nc(-c3ccnc(Cc4ccc(N5CCC(N(C)C)CC5=O)cc4F)n3)cc21. The summed E-state index contributed by atoms with van der Waals surface area (Å²) >= 11 is 0. The van der Waals surface area contributed by atoms with Crippen LogP contribution in [0.1, 0.15) is 44.1 Å². The number of imidazole rings is 1. The molecule has 0 aliphatic carbocycles. The van der Waals surface area contributed by atoms with Gasteiger partial charge < -0.3 is 14.4 Å². The molecule has 4 aromatic rings. The van der Waals surface area contributed by atoms with Gasteiger partial charge >= 0.3 is 0 Å². The fourth-order valence-corrected chi connectivity index (χ4v) is 4.71. The highest BCUT2D eigenvalue weighted by Crippen LogP contribution is 2.27. The van der Waals surface area contributed by atoms with Crippen molar-refractivity contribution >= 4 is 22.6 Å². The second kappa shape index (κ2) is 9.93. The summed E-state index contributed by atoms with van der Waals surface area (Å²) in [5.74, 6) is -0.728. The molecule has 1 atom stereocenters. The molecule has 10 heteroatoms. The van der Waals surface area contributed by atoms with Gasteiger partial charge in [-0.2, -0.15) is 4.39 Å². The second-order valence-corrected chi connectivity index (χ2v) is 9.88. The normalized spacial score (nSPS) is 16.4. The number of piperidine rings is 1. The van der Waals surface area contributed by atoms with Gasteiger partial charge in [-0.15, -0.1) is 0 Å². The van der Waals surface area contributed by atoms with E-state index in [0.717, 1.165) is 6.42 Å². The number of pyridine rings is 1. The van der Waals surface area contributed by atoms with Crippen LogP contribution in [0.2, 0.25) is 0 Å². The molecule has 37 heavy (non-hydrogen) atoms. The molecule has 1 saturated heterocycles. The number of hydrogen-bond donors (Lipinski definition) is 0. The predicted octanol–water partition coefficient (Wildman–Crippen LogP) is 4.40. The van der Waals surface area contributed by atoms with Crippen molar-refractivity contribution < 1.29 is 13.6 Å². The summed E-state index contributed by atoms with van der Waals surface area (Å²) in [6.07, 6.45) is 4.54. The van der Waals surface area contributed by atoms with Crippen LogP contribution in [0.15, 0.2) is 42.9 Å². The first-order valence-corrected chi connectivity index (χ1v) is 12.3. The van der Waals surface area contributed by atoms with E-state index in [2.05, 4.69) is 19.9 Å². The number of anilines is 1. The Balaban J connectivity index is 1.38. The van der Waals surface area contributed by atoms with Gasteiger partial charge in [-0.1, -0.05) is 6.07 Å². The maximum absolute atomic E-state index is 15.1. The van der Waals surface area contributed by atoms with Crippen molar-refractivity contribution in [2.75, 3.05) is 25.5 Å². The number of carbonyl (C=O) groups is 1. The lowest BCUT2D eigenvalue weighted by Crippen LogP contribution is -2.45.